The minimum Gasteiger partial charge on any atom is -0.492 e. The number of aryl methyl sites for hydroxylation is 2. The van der Waals surface area contributed by atoms with Gasteiger partial charge in [-0.2, -0.15) is 0 Å². The summed E-state index contributed by atoms with van der Waals surface area (Å²) in [6.07, 6.45) is 4.40. The fourth-order valence-electron chi connectivity index (χ4n) is 3.11. The van der Waals surface area contributed by atoms with Gasteiger partial charge in [0.2, 0.25) is 0 Å². The van der Waals surface area contributed by atoms with Crippen molar-refractivity contribution in [2.45, 2.75) is 32.1 Å². The van der Waals surface area contributed by atoms with Gasteiger partial charge in [0, 0.05) is 5.92 Å². The number of ether oxygens (including phenoxy) is 1. The number of hydrogen-bond donors (Lipinski definition) is 0. The molecule has 1 aliphatic carbocycles. The molecule has 21 heavy (non-hydrogen) atoms. The molecule has 0 amide bonds. The number of carbonyl (C=O) groups is 1. The molecule has 0 N–H and O–H groups in total. The topological polar surface area (TPSA) is 26.3 Å². The summed E-state index contributed by atoms with van der Waals surface area (Å²) in [4.78, 5) is 11.1. The van der Waals surface area contributed by atoms with E-state index < -0.39 is 0 Å². The van der Waals surface area contributed by atoms with Crippen molar-refractivity contribution in [3.8, 4) is 5.75 Å². The van der Waals surface area contributed by atoms with Gasteiger partial charge >= 0.3 is 0 Å². The third-order valence-corrected chi connectivity index (χ3v) is 4.23. The van der Waals surface area contributed by atoms with E-state index in [9.17, 15) is 4.79 Å². The van der Waals surface area contributed by atoms with E-state index in [1.54, 1.807) is 0 Å². The molecular formula is C19H20O2. The molecule has 0 heterocycles. The van der Waals surface area contributed by atoms with Crippen LogP contribution in [0.2, 0.25) is 0 Å². The zero-order valence-corrected chi connectivity index (χ0v) is 12.3. The van der Waals surface area contributed by atoms with Crippen LogP contribution in [0.1, 0.15) is 45.8 Å². The zero-order chi connectivity index (χ0) is 14.7. The highest BCUT2D eigenvalue weighted by atomic mass is 16.5. The van der Waals surface area contributed by atoms with E-state index in [1.807, 2.05) is 25.1 Å². The van der Waals surface area contributed by atoms with Gasteiger partial charge in [-0.3, -0.25) is 4.79 Å². The Hall–Kier alpha value is -2.09. The summed E-state index contributed by atoms with van der Waals surface area (Å²) >= 11 is 0. The number of carbonyl (C=O) groups excluding carboxylic acids is 1. The first kappa shape index (κ1) is 13.9. The molecule has 2 aromatic carbocycles. The smallest absolute Gasteiger partial charge is 0.153 e. The van der Waals surface area contributed by atoms with Gasteiger partial charge in [0.25, 0.3) is 0 Å². The van der Waals surface area contributed by atoms with Gasteiger partial charge in [-0.15, -0.1) is 0 Å². The highest BCUT2D eigenvalue weighted by Gasteiger charge is 2.20. The normalized spacial score (nSPS) is 17.1. The van der Waals surface area contributed by atoms with Crippen molar-refractivity contribution in [1.82, 2.24) is 0 Å². The van der Waals surface area contributed by atoms with Crippen molar-refractivity contribution < 1.29 is 9.53 Å². The SMILES string of the molecule is Cc1ccc(OCC2CCCc3ccccc32)c(C=O)c1. The van der Waals surface area contributed by atoms with E-state index in [0.29, 0.717) is 23.8 Å². The number of hydrogen-bond acceptors (Lipinski definition) is 2. The lowest BCUT2D eigenvalue weighted by atomic mass is 9.83. The second kappa shape index (κ2) is 6.13. The summed E-state index contributed by atoms with van der Waals surface area (Å²) in [6.45, 7) is 2.62. The van der Waals surface area contributed by atoms with Crippen molar-refractivity contribution in [2.24, 2.45) is 0 Å². The maximum Gasteiger partial charge on any atom is 0.153 e. The highest BCUT2D eigenvalue weighted by molar-refractivity contribution is 5.79. The molecule has 0 saturated heterocycles. The Morgan fingerprint density at radius 1 is 1.24 bits per heavy atom. The van der Waals surface area contributed by atoms with Crippen molar-refractivity contribution >= 4 is 6.29 Å². The molecule has 3 rings (SSSR count). The van der Waals surface area contributed by atoms with E-state index in [1.165, 1.54) is 17.5 Å². The lowest BCUT2D eigenvalue weighted by Crippen LogP contribution is -2.17. The minimum absolute atomic E-state index is 0.427. The minimum atomic E-state index is 0.427. The van der Waals surface area contributed by atoms with Gasteiger partial charge in [-0.25, -0.2) is 0 Å². The largest absolute Gasteiger partial charge is 0.492 e. The molecule has 1 unspecified atom stereocenters. The molecule has 0 saturated carbocycles. The molecule has 1 atom stereocenters. The summed E-state index contributed by atoms with van der Waals surface area (Å²) in [5.74, 6) is 1.12. The molecule has 0 aromatic heterocycles. The summed E-state index contributed by atoms with van der Waals surface area (Å²) < 4.78 is 5.95. The highest BCUT2D eigenvalue weighted by Crippen LogP contribution is 2.32. The second-order valence-corrected chi connectivity index (χ2v) is 5.76. The van der Waals surface area contributed by atoms with Crippen LogP contribution in [-0.2, 0) is 6.42 Å². The van der Waals surface area contributed by atoms with Crippen molar-refractivity contribution in [1.29, 1.82) is 0 Å². The summed E-state index contributed by atoms with van der Waals surface area (Å²) in [7, 11) is 0. The van der Waals surface area contributed by atoms with Crippen molar-refractivity contribution in [2.75, 3.05) is 6.61 Å². The number of benzene rings is 2. The molecule has 2 aromatic rings. The maximum absolute atomic E-state index is 11.1. The molecule has 0 radical (unpaired) electrons. The average Bonchev–Trinajstić information content (AvgIpc) is 2.53. The monoisotopic (exact) mass is 280 g/mol. The third kappa shape index (κ3) is 2.99. The zero-order valence-electron chi connectivity index (χ0n) is 12.3. The number of rotatable bonds is 4. The van der Waals surface area contributed by atoms with Crippen LogP contribution in [-0.4, -0.2) is 12.9 Å². The van der Waals surface area contributed by atoms with Crippen LogP contribution in [0.25, 0.3) is 0 Å². The van der Waals surface area contributed by atoms with Crippen LogP contribution in [0.4, 0.5) is 0 Å². The van der Waals surface area contributed by atoms with Gasteiger partial charge in [0.15, 0.2) is 6.29 Å². The van der Waals surface area contributed by atoms with E-state index >= 15 is 0 Å². The van der Waals surface area contributed by atoms with Crippen LogP contribution < -0.4 is 4.74 Å². The average molecular weight is 280 g/mol. The fourth-order valence-corrected chi connectivity index (χ4v) is 3.11. The Morgan fingerprint density at radius 3 is 2.95 bits per heavy atom. The van der Waals surface area contributed by atoms with Crippen LogP contribution in [0, 0.1) is 6.92 Å². The van der Waals surface area contributed by atoms with Crippen LogP contribution in [0.3, 0.4) is 0 Å². The maximum atomic E-state index is 11.1. The number of aldehydes is 1. The molecule has 1 aliphatic rings. The van der Waals surface area contributed by atoms with Crippen LogP contribution >= 0.6 is 0 Å². The fraction of sp³-hybridized carbons (Fsp3) is 0.316. The Morgan fingerprint density at radius 2 is 2.10 bits per heavy atom. The van der Waals surface area contributed by atoms with E-state index in [-0.39, 0.29) is 0 Å². The molecule has 0 bridgehead atoms. The van der Waals surface area contributed by atoms with Crippen molar-refractivity contribution in [3.63, 3.8) is 0 Å². The Bertz CT molecular complexity index is 646. The first-order valence-corrected chi connectivity index (χ1v) is 7.54. The second-order valence-electron chi connectivity index (χ2n) is 5.76. The predicted octanol–water partition coefficient (Wildman–Crippen LogP) is 4.31. The lowest BCUT2D eigenvalue weighted by molar-refractivity contribution is 0.111. The van der Waals surface area contributed by atoms with Crippen molar-refractivity contribution in [3.05, 3.63) is 64.7 Å². The molecule has 2 heteroatoms. The molecule has 0 aliphatic heterocycles. The molecule has 0 spiro atoms. The summed E-state index contributed by atoms with van der Waals surface area (Å²) in [5, 5.41) is 0. The first-order chi connectivity index (χ1) is 10.3. The van der Waals surface area contributed by atoms with Crippen LogP contribution in [0.15, 0.2) is 42.5 Å². The molecule has 0 fully saturated rings. The Labute approximate surface area is 125 Å². The van der Waals surface area contributed by atoms with Gasteiger partial charge < -0.3 is 4.74 Å². The van der Waals surface area contributed by atoms with E-state index in [2.05, 4.69) is 24.3 Å². The Kier molecular flexibility index (Phi) is 4.05. The third-order valence-electron chi connectivity index (χ3n) is 4.23. The summed E-state index contributed by atoms with van der Waals surface area (Å²) in [5.41, 5.74) is 4.56. The van der Waals surface area contributed by atoms with E-state index in [4.69, 9.17) is 4.74 Å². The van der Waals surface area contributed by atoms with Gasteiger partial charge in [-0.1, -0.05) is 35.9 Å². The quantitative estimate of drug-likeness (QED) is 0.780. The van der Waals surface area contributed by atoms with Gasteiger partial charge in [-0.05, 0) is 49.4 Å². The molecule has 108 valence electrons. The van der Waals surface area contributed by atoms with Crippen LogP contribution in [0.5, 0.6) is 5.75 Å². The standard InChI is InChI=1S/C19H20O2/c1-14-9-10-19(17(11-14)12-20)21-13-16-7-4-6-15-5-2-3-8-18(15)16/h2-3,5,8-12,16H,4,6-7,13H2,1H3. The summed E-state index contributed by atoms with van der Waals surface area (Å²) in [6, 6.07) is 14.4. The molecular weight excluding hydrogens is 260 g/mol. The van der Waals surface area contributed by atoms with E-state index in [0.717, 1.165) is 24.7 Å². The Balaban J connectivity index is 1.76. The first-order valence-electron chi connectivity index (χ1n) is 7.54. The number of fused-ring (bicyclic) bond motifs is 1. The lowest BCUT2D eigenvalue weighted by Gasteiger charge is -2.25. The predicted molar refractivity (Wildman–Crippen MR) is 84.2 cm³/mol. The van der Waals surface area contributed by atoms with Gasteiger partial charge in [0.05, 0.1) is 12.2 Å². The molecule has 2 nitrogen and oxygen atoms in total. The van der Waals surface area contributed by atoms with Gasteiger partial charge in [0.1, 0.15) is 5.75 Å².